The molecule has 8 heteroatoms. The van der Waals surface area contributed by atoms with Crippen molar-refractivity contribution in [3.8, 4) is 11.5 Å². The minimum absolute atomic E-state index is 0.210. The second-order valence-electron chi connectivity index (χ2n) is 7.14. The summed E-state index contributed by atoms with van der Waals surface area (Å²) in [5.74, 6) is 0.868. The second-order valence-corrected chi connectivity index (χ2v) is 8.39. The zero-order valence-electron chi connectivity index (χ0n) is 17.3. The molecule has 1 unspecified atom stereocenters. The fraction of sp³-hybridized carbons (Fsp3) is 0.167. The summed E-state index contributed by atoms with van der Waals surface area (Å²) in [6, 6.07) is 17.6. The molecule has 1 heterocycles. The molecule has 1 atom stereocenters. The summed E-state index contributed by atoms with van der Waals surface area (Å²) >= 11 is 18.6. The van der Waals surface area contributed by atoms with Crippen LogP contribution in [0.3, 0.4) is 0 Å². The van der Waals surface area contributed by atoms with E-state index in [2.05, 4.69) is 4.99 Å². The summed E-state index contributed by atoms with van der Waals surface area (Å²) in [5, 5.41) is 1.46. The SMILES string of the molecule is COc1ccc(N=C2CC(c3ccc(Cl)cc3)N(c3ccc(OC)c(Cl)c3)C2=O)cc1Cl. The van der Waals surface area contributed by atoms with Crippen molar-refractivity contribution in [3.63, 3.8) is 0 Å². The largest absolute Gasteiger partial charge is 0.495 e. The highest BCUT2D eigenvalue weighted by molar-refractivity contribution is 6.47. The summed E-state index contributed by atoms with van der Waals surface area (Å²) in [5.41, 5.74) is 2.58. The number of methoxy groups -OCH3 is 2. The highest BCUT2D eigenvalue weighted by atomic mass is 35.5. The summed E-state index contributed by atoms with van der Waals surface area (Å²) in [7, 11) is 3.09. The molecule has 1 aliphatic heterocycles. The molecule has 0 aromatic heterocycles. The monoisotopic (exact) mass is 488 g/mol. The Balaban J connectivity index is 1.77. The molecule has 1 aliphatic rings. The number of halogens is 3. The second kappa shape index (κ2) is 9.41. The van der Waals surface area contributed by atoms with E-state index in [1.807, 2.05) is 12.1 Å². The van der Waals surface area contributed by atoms with Crippen LogP contribution in [0.2, 0.25) is 15.1 Å². The average molecular weight is 490 g/mol. The molecule has 0 aliphatic carbocycles. The van der Waals surface area contributed by atoms with Gasteiger partial charge in [0.2, 0.25) is 0 Å². The molecule has 0 spiro atoms. The lowest BCUT2D eigenvalue weighted by Crippen LogP contribution is -2.29. The van der Waals surface area contributed by atoms with Gasteiger partial charge >= 0.3 is 0 Å². The quantitative estimate of drug-likeness (QED) is 0.391. The first-order chi connectivity index (χ1) is 15.4. The standard InChI is InChI=1S/C24H19Cl3N2O3/c1-31-22-9-7-16(11-18(22)26)28-20-13-21(14-3-5-15(25)6-4-14)29(24(20)30)17-8-10-23(32-2)19(27)12-17/h3-12,21H,13H2,1-2H3. The molecule has 32 heavy (non-hydrogen) atoms. The van der Waals surface area contributed by atoms with E-state index in [0.29, 0.717) is 50.1 Å². The maximum absolute atomic E-state index is 13.5. The smallest absolute Gasteiger partial charge is 0.273 e. The van der Waals surface area contributed by atoms with Crippen molar-refractivity contribution >= 4 is 57.8 Å². The Kier molecular flexibility index (Phi) is 6.60. The van der Waals surface area contributed by atoms with Gasteiger partial charge in [0.15, 0.2) is 0 Å². The van der Waals surface area contributed by atoms with Gasteiger partial charge < -0.3 is 9.47 Å². The van der Waals surface area contributed by atoms with Crippen LogP contribution in [0.25, 0.3) is 0 Å². The van der Waals surface area contributed by atoms with Gasteiger partial charge in [0.1, 0.15) is 17.2 Å². The number of ether oxygens (including phenoxy) is 2. The molecule has 0 N–H and O–H groups in total. The van der Waals surface area contributed by atoms with Crippen LogP contribution in [-0.4, -0.2) is 25.8 Å². The number of anilines is 1. The van der Waals surface area contributed by atoms with E-state index in [1.54, 1.807) is 67.7 Å². The number of benzene rings is 3. The molecule has 4 rings (SSSR count). The Morgan fingerprint density at radius 1 is 0.875 bits per heavy atom. The zero-order valence-corrected chi connectivity index (χ0v) is 19.6. The van der Waals surface area contributed by atoms with Crippen LogP contribution in [0.15, 0.2) is 65.7 Å². The molecular formula is C24H19Cl3N2O3. The number of aliphatic imine (C=N–C) groups is 1. The first-order valence-corrected chi connectivity index (χ1v) is 10.9. The predicted octanol–water partition coefficient (Wildman–Crippen LogP) is 6.91. The van der Waals surface area contributed by atoms with Crippen molar-refractivity contribution in [2.24, 2.45) is 4.99 Å². The number of hydrogen-bond acceptors (Lipinski definition) is 4. The molecule has 1 saturated heterocycles. The van der Waals surface area contributed by atoms with Crippen molar-refractivity contribution in [2.75, 3.05) is 19.1 Å². The molecular weight excluding hydrogens is 471 g/mol. The van der Waals surface area contributed by atoms with Gasteiger partial charge in [-0.15, -0.1) is 0 Å². The maximum Gasteiger partial charge on any atom is 0.273 e. The van der Waals surface area contributed by atoms with E-state index in [0.717, 1.165) is 5.56 Å². The van der Waals surface area contributed by atoms with E-state index in [4.69, 9.17) is 44.3 Å². The fourth-order valence-corrected chi connectivity index (χ4v) is 4.30. The molecule has 3 aromatic carbocycles. The third kappa shape index (κ3) is 4.42. The average Bonchev–Trinajstić information content (AvgIpc) is 3.10. The van der Waals surface area contributed by atoms with Crippen LogP contribution in [-0.2, 0) is 4.79 Å². The molecule has 0 radical (unpaired) electrons. The van der Waals surface area contributed by atoms with Gasteiger partial charge in [-0.3, -0.25) is 9.69 Å². The summed E-state index contributed by atoms with van der Waals surface area (Å²) in [4.78, 5) is 19.8. The normalized spacial score (nSPS) is 17.2. The molecule has 0 saturated carbocycles. The fourth-order valence-electron chi connectivity index (χ4n) is 3.67. The molecule has 0 bridgehead atoms. The van der Waals surface area contributed by atoms with Crippen molar-refractivity contribution in [3.05, 3.63) is 81.3 Å². The summed E-state index contributed by atoms with van der Waals surface area (Å²) < 4.78 is 10.4. The number of nitrogens with zero attached hydrogens (tertiary/aromatic N) is 2. The van der Waals surface area contributed by atoms with E-state index in [-0.39, 0.29) is 11.9 Å². The van der Waals surface area contributed by atoms with Crippen molar-refractivity contribution in [1.29, 1.82) is 0 Å². The van der Waals surface area contributed by atoms with Gasteiger partial charge in [-0.05, 0) is 54.1 Å². The Labute approximate surface area is 201 Å². The Bertz CT molecular complexity index is 1200. The van der Waals surface area contributed by atoms with Gasteiger partial charge in [-0.1, -0.05) is 46.9 Å². The number of hydrogen-bond donors (Lipinski definition) is 0. The van der Waals surface area contributed by atoms with Crippen LogP contribution >= 0.6 is 34.8 Å². The highest BCUT2D eigenvalue weighted by Crippen LogP contribution is 2.40. The van der Waals surface area contributed by atoms with Crippen molar-refractivity contribution < 1.29 is 14.3 Å². The maximum atomic E-state index is 13.5. The van der Waals surface area contributed by atoms with Gasteiger partial charge in [0, 0.05) is 17.1 Å². The van der Waals surface area contributed by atoms with E-state index < -0.39 is 0 Å². The zero-order chi connectivity index (χ0) is 22.8. The Morgan fingerprint density at radius 2 is 1.50 bits per heavy atom. The number of amides is 1. The number of carbonyl (C=O) groups excluding carboxylic acids is 1. The van der Waals surface area contributed by atoms with Gasteiger partial charge in [0.05, 0.1) is 36.0 Å². The van der Waals surface area contributed by atoms with Gasteiger partial charge in [0.25, 0.3) is 5.91 Å². The third-order valence-corrected chi connectivity index (χ3v) is 6.07. The Hall–Kier alpha value is -2.73. The minimum atomic E-state index is -0.267. The molecule has 3 aromatic rings. The summed E-state index contributed by atoms with van der Waals surface area (Å²) in [6.07, 6.45) is 0.410. The van der Waals surface area contributed by atoms with E-state index >= 15 is 0 Å². The Morgan fingerprint density at radius 3 is 2.09 bits per heavy atom. The van der Waals surface area contributed by atoms with Crippen LogP contribution in [0.1, 0.15) is 18.0 Å². The van der Waals surface area contributed by atoms with Gasteiger partial charge in [-0.2, -0.15) is 0 Å². The minimum Gasteiger partial charge on any atom is -0.495 e. The molecule has 1 amide bonds. The topological polar surface area (TPSA) is 51.1 Å². The van der Waals surface area contributed by atoms with Crippen LogP contribution in [0, 0.1) is 0 Å². The molecule has 5 nitrogen and oxygen atoms in total. The van der Waals surface area contributed by atoms with Crippen LogP contribution in [0.5, 0.6) is 11.5 Å². The number of rotatable bonds is 5. The third-order valence-electron chi connectivity index (χ3n) is 5.23. The van der Waals surface area contributed by atoms with Crippen molar-refractivity contribution in [1.82, 2.24) is 0 Å². The molecule has 164 valence electrons. The van der Waals surface area contributed by atoms with E-state index in [1.165, 1.54) is 0 Å². The van der Waals surface area contributed by atoms with Crippen LogP contribution in [0.4, 0.5) is 11.4 Å². The van der Waals surface area contributed by atoms with Gasteiger partial charge in [-0.25, -0.2) is 4.99 Å². The number of carbonyl (C=O) groups is 1. The first-order valence-electron chi connectivity index (χ1n) is 9.75. The lowest BCUT2D eigenvalue weighted by atomic mass is 10.0. The summed E-state index contributed by atoms with van der Waals surface area (Å²) in [6.45, 7) is 0. The lowest BCUT2D eigenvalue weighted by Gasteiger charge is -2.25. The molecule has 1 fully saturated rings. The van der Waals surface area contributed by atoms with Crippen LogP contribution < -0.4 is 14.4 Å². The first kappa shape index (κ1) is 22.5. The van der Waals surface area contributed by atoms with Crippen molar-refractivity contribution in [2.45, 2.75) is 12.5 Å². The predicted molar refractivity (Wildman–Crippen MR) is 129 cm³/mol. The lowest BCUT2D eigenvalue weighted by molar-refractivity contribution is -0.112. The highest BCUT2D eigenvalue weighted by Gasteiger charge is 2.39. The van der Waals surface area contributed by atoms with E-state index in [9.17, 15) is 4.79 Å².